The maximum Gasteiger partial charge on any atom is 0.311 e. The largest absolute Gasteiger partial charge is 0.427 e. The van der Waals surface area contributed by atoms with Crippen LogP contribution in [0.2, 0.25) is 0 Å². The lowest BCUT2D eigenvalue weighted by atomic mass is 10.0. The van der Waals surface area contributed by atoms with E-state index in [4.69, 9.17) is 10.00 Å². The van der Waals surface area contributed by atoms with Crippen molar-refractivity contribution < 1.29 is 9.53 Å². The lowest BCUT2D eigenvalue weighted by Crippen LogP contribution is -2.09. The monoisotopic (exact) mass is 317 g/mol. The molecule has 0 amide bonds. The zero-order valence-electron chi connectivity index (χ0n) is 13.4. The lowest BCUT2D eigenvalue weighted by molar-refractivity contribution is -0.134. The minimum Gasteiger partial charge on any atom is -0.427 e. The van der Waals surface area contributed by atoms with Crippen molar-refractivity contribution in [3.8, 4) is 22.9 Å². The molecule has 2 aromatic rings. The summed E-state index contributed by atoms with van der Waals surface area (Å²) in [5.74, 6) is 2.73. The second-order valence-corrected chi connectivity index (χ2v) is 6.89. The van der Waals surface area contributed by atoms with E-state index < -0.39 is 0 Å². The minimum atomic E-state index is -0.116. The summed E-state index contributed by atoms with van der Waals surface area (Å²) in [6, 6.07) is 17.1. The third-order valence-corrected chi connectivity index (χ3v) is 5.07. The molecule has 0 spiro atoms. The first kappa shape index (κ1) is 15.0. The number of rotatable bonds is 5. The minimum absolute atomic E-state index is 0.116. The van der Waals surface area contributed by atoms with E-state index in [9.17, 15) is 4.79 Å². The van der Waals surface area contributed by atoms with Crippen LogP contribution in [0.1, 0.15) is 31.2 Å². The molecule has 3 heteroatoms. The van der Waals surface area contributed by atoms with Crippen molar-refractivity contribution in [2.45, 2.75) is 25.7 Å². The van der Waals surface area contributed by atoms with Gasteiger partial charge in [0.05, 0.1) is 11.6 Å². The predicted octanol–water partition coefficient (Wildman–Crippen LogP) is 4.57. The summed E-state index contributed by atoms with van der Waals surface area (Å²) in [5.41, 5.74) is 2.72. The van der Waals surface area contributed by atoms with Gasteiger partial charge in [-0.3, -0.25) is 4.79 Å². The average molecular weight is 317 g/mol. The van der Waals surface area contributed by atoms with E-state index in [2.05, 4.69) is 6.07 Å². The molecule has 2 fully saturated rings. The highest BCUT2D eigenvalue weighted by atomic mass is 16.5. The molecular formula is C21H19NO2. The first-order valence-corrected chi connectivity index (χ1v) is 8.54. The number of benzene rings is 2. The van der Waals surface area contributed by atoms with E-state index >= 15 is 0 Å². The normalized spacial score (nSPS) is 21.8. The van der Waals surface area contributed by atoms with Gasteiger partial charge in [-0.05, 0) is 72.4 Å². The molecule has 0 radical (unpaired) electrons. The number of esters is 1. The number of carbonyl (C=O) groups excluding carboxylic acids is 1. The van der Waals surface area contributed by atoms with Gasteiger partial charge in [0.2, 0.25) is 0 Å². The predicted molar refractivity (Wildman–Crippen MR) is 91.2 cm³/mol. The molecule has 2 atom stereocenters. The fourth-order valence-corrected chi connectivity index (χ4v) is 3.45. The average Bonchev–Trinajstić information content (AvgIpc) is 3.50. The molecule has 0 aromatic heterocycles. The molecule has 0 N–H and O–H groups in total. The fourth-order valence-electron chi connectivity index (χ4n) is 3.45. The third-order valence-electron chi connectivity index (χ3n) is 5.07. The molecule has 0 bridgehead atoms. The Balaban J connectivity index is 1.34. The number of carbonyl (C=O) groups is 1. The zero-order chi connectivity index (χ0) is 16.5. The molecule has 0 heterocycles. The molecule has 120 valence electrons. The molecule has 0 unspecified atom stereocenters. The topological polar surface area (TPSA) is 50.1 Å². The SMILES string of the molecule is N#Cc1ccc(-c2ccc(OC(=O)C[C@@H]3C[C@H]3C3CC3)cc2)cc1. The molecule has 2 aliphatic rings. The number of hydrogen-bond acceptors (Lipinski definition) is 3. The molecule has 0 aliphatic heterocycles. The second kappa shape index (κ2) is 6.13. The van der Waals surface area contributed by atoms with Gasteiger partial charge in [-0.1, -0.05) is 24.3 Å². The molecule has 2 saturated carbocycles. The molecule has 3 nitrogen and oxygen atoms in total. The first-order chi connectivity index (χ1) is 11.7. The summed E-state index contributed by atoms with van der Waals surface area (Å²) in [6.45, 7) is 0. The molecule has 2 aromatic carbocycles. The van der Waals surface area contributed by atoms with E-state index in [1.54, 1.807) is 12.1 Å². The van der Waals surface area contributed by atoms with E-state index in [1.807, 2.05) is 36.4 Å². The van der Waals surface area contributed by atoms with Crippen LogP contribution < -0.4 is 4.74 Å². The van der Waals surface area contributed by atoms with Crippen LogP contribution in [0.25, 0.3) is 11.1 Å². The Bertz CT molecular complexity index is 782. The zero-order valence-corrected chi connectivity index (χ0v) is 13.4. The van der Waals surface area contributed by atoms with Gasteiger partial charge in [-0.2, -0.15) is 5.26 Å². The van der Waals surface area contributed by atoms with Crippen LogP contribution in [0.3, 0.4) is 0 Å². The van der Waals surface area contributed by atoms with Gasteiger partial charge in [-0.25, -0.2) is 0 Å². The van der Waals surface area contributed by atoms with Crippen molar-refractivity contribution in [3.63, 3.8) is 0 Å². The van der Waals surface area contributed by atoms with Crippen LogP contribution in [0.4, 0.5) is 0 Å². The summed E-state index contributed by atoms with van der Waals surface area (Å²) in [6.07, 6.45) is 4.47. The molecular weight excluding hydrogens is 298 g/mol. The Kier molecular flexibility index (Phi) is 3.82. The van der Waals surface area contributed by atoms with Crippen LogP contribution in [0.15, 0.2) is 48.5 Å². The highest BCUT2D eigenvalue weighted by Gasteiger charge is 2.48. The number of nitrogens with zero attached hydrogens (tertiary/aromatic N) is 1. The first-order valence-electron chi connectivity index (χ1n) is 8.54. The third kappa shape index (κ3) is 3.33. The van der Waals surface area contributed by atoms with E-state index in [0.717, 1.165) is 23.0 Å². The van der Waals surface area contributed by atoms with E-state index in [-0.39, 0.29) is 5.97 Å². The molecule has 4 rings (SSSR count). The van der Waals surface area contributed by atoms with Gasteiger partial charge in [0.25, 0.3) is 0 Å². The lowest BCUT2D eigenvalue weighted by Gasteiger charge is -2.06. The van der Waals surface area contributed by atoms with Gasteiger partial charge < -0.3 is 4.74 Å². The van der Waals surface area contributed by atoms with Crippen molar-refractivity contribution in [1.82, 2.24) is 0 Å². The van der Waals surface area contributed by atoms with Crippen molar-refractivity contribution in [1.29, 1.82) is 5.26 Å². The second-order valence-electron chi connectivity index (χ2n) is 6.89. The molecule has 0 saturated heterocycles. The Hall–Kier alpha value is -2.60. The van der Waals surface area contributed by atoms with Crippen molar-refractivity contribution in [2.24, 2.45) is 17.8 Å². The van der Waals surface area contributed by atoms with Gasteiger partial charge in [0, 0.05) is 6.42 Å². The Morgan fingerprint density at radius 1 is 1.04 bits per heavy atom. The van der Waals surface area contributed by atoms with Crippen LogP contribution in [0.5, 0.6) is 5.75 Å². The Labute approximate surface area is 141 Å². The summed E-state index contributed by atoms with van der Waals surface area (Å²) in [7, 11) is 0. The number of hydrogen-bond donors (Lipinski definition) is 0. The van der Waals surface area contributed by atoms with Crippen molar-refractivity contribution >= 4 is 5.97 Å². The maximum absolute atomic E-state index is 12.0. The summed E-state index contributed by atoms with van der Waals surface area (Å²) < 4.78 is 5.46. The highest BCUT2D eigenvalue weighted by Crippen LogP contribution is 2.55. The van der Waals surface area contributed by atoms with E-state index in [1.165, 1.54) is 19.3 Å². The quantitative estimate of drug-likeness (QED) is 0.599. The summed E-state index contributed by atoms with van der Waals surface area (Å²) >= 11 is 0. The number of nitriles is 1. The van der Waals surface area contributed by atoms with Gasteiger partial charge in [0.1, 0.15) is 5.75 Å². The number of ether oxygens (including phenoxy) is 1. The van der Waals surface area contributed by atoms with Crippen LogP contribution in [0, 0.1) is 29.1 Å². The Morgan fingerprint density at radius 3 is 2.25 bits per heavy atom. The smallest absolute Gasteiger partial charge is 0.311 e. The van der Waals surface area contributed by atoms with Gasteiger partial charge in [0.15, 0.2) is 0 Å². The van der Waals surface area contributed by atoms with Crippen LogP contribution >= 0.6 is 0 Å². The van der Waals surface area contributed by atoms with Crippen molar-refractivity contribution in [3.05, 3.63) is 54.1 Å². The summed E-state index contributed by atoms with van der Waals surface area (Å²) in [5, 5.41) is 8.84. The van der Waals surface area contributed by atoms with Crippen LogP contribution in [-0.2, 0) is 4.79 Å². The van der Waals surface area contributed by atoms with Gasteiger partial charge in [-0.15, -0.1) is 0 Å². The highest BCUT2D eigenvalue weighted by molar-refractivity contribution is 5.73. The summed E-state index contributed by atoms with van der Waals surface area (Å²) in [4.78, 5) is 12.0. The Morgan fingerprint density at radius 2 is 1.67 bits per heavy atom. The van der Waals surface area contributed by atoms with Crippen LogP contribution in [-0.4, -0.2) is 5.97 Å². The maximum atomic E-state index is 12.0. The standard InChI is InChI=1S/C21H19NO2/c22-13-14-1-3-15(4-2-14)16-7-9-19(10-8-16)24-21(23)12-18-11-20(18)17-5-6-17/h1-4,7-10,17-18,20H,5-6,11-12H2/t18-,20-/m0/s1. The van der Waals surface area contributed by atoms with E-state index in [0.29, 0.717) is 23.7 Å². The van der Waals surface area contributed by atoms with Crippen molar-refractivity contribution in [2.75, 3.05) is 0 Å². The molecule has 2 aliphatic carbocycles. The van der Waals surface area contributed by atoms with Gasteiger partial charge >= 0.3 is 5.97 Å². The molecule has 24 heavy (non-hydrogen) atoms. The fraction of sp³-hybridized carbons (Fsp3) is 0.333.